The van der Waals surface area contributed by atoms with Crippen molar-refractivity contribution in [2.75, 3.05) is 25.1 Å². The minimum absolute atomic E-state index is 0.167. The van der Waals surface area contributed by atoms with Crippen LogP contribution in [0.5, 0.6) is 0 Å². The van der Waals surface area contributed by atoms with Gasteiger partial charge in [-0.3, -0.25) is 10.1 Å². The third-order valence-corrected chi connectivity index (χ3v) is 6.97. The first-order valence-corrected chi connectivity index (χ1v) is 11.2. The predicted molar refractivity (Wildman–Crippen MR) is 104 cm³/mol. The summed E-state index contributed by atoms with van der Waals surface area (Å²) in [5.41, 5.74) is 0.0472. The number of urea groups is 1. The Morgan fingerprint density at radius 2 is 2.00 bits per heavy atom. The van der Waals surface area contributed by atoms with Crippen molar-refractivity contribution in [3.63, 3.8) is 0 Å². The molecule has 0 bridgehead atoms. The summed E-state index contributed by atoms with van der Waals surface area (Å²) in [5.74, 6) is 4.86. The standard InChI is InChI=1S/C17H19N5O4S2/c1-17(14(23)20-15(24)21-17)11-28(25,26)22-7-5-12(6-8-22)3-4-13-9-18-16(27-2)19-10-13/h5,9-10H,6-8,11H2,1-2H3,(H2,20,21,23,24)/t17-/m1/s1. The Bertz CT molecular complexity index is 995. The van der Waals surface area contributed by atoms with E-state index in [9.17, 15) is 18.0 Å². The molecule has 1 aromatic heterocycles. The topological polar surface area (TPSA) is 121 Å². The van der Waals surface area contributed by atoms with Gasteiger partial charge in [-0.25, -0.2) is 23.2 Å². The van der Waals surface area contributed by atoms with Crippen LogP contribution < -0.4 is 10.6 Å². The molecule has 0 unspecified atom stereocenters. The second kappa shape index (κ2) is 7.90. The summed E-state index contributed by atoms with van der Waals surface area (Å²) in [7, 11) is -3.74. The Kier molecular flexibility index (Phi) is 5.74. The Morgan fingerprint density at radius 1 is 1.29 bits per heavy atom. The molecule has 1 atom stereocenters. The van der Waals surface area contributed by atoms with E-state index in [1.165, 1.54) is 23.0 Å². The van der Waals surface area contributed by atoms with Gasteiger partial charge in [-0.05, 0) is 19.6 Å². The van der Waals surface area contributed by atoms with Crippen molar-refractivity contribution in [3.05, 3.63) is 29.6 Å². The van der Waals surface area contributed by atoms with Crippen molar-refractivity contribution in [1.29, 1.82) is 0 Å². The molecule has 0 saturated carbocycles. The van der Waals surface area contributed by atoms with E-state index < -0.39 is 33.3 Å². The van der Waals surface area contributed by atoms with Crippen LogP contribution in [-0.4, -0.2) is 65.3 Å². The van der Waals surface area contributed by atoms with E-state index >= 15 is 0 Å². The van der Waals surface area contributed by atoms with Crippen LogP contribution in [0.4, 0.5) is 4.79 Å². The van der Waals surface area contributed by atoms with Crippen molar-refractivity contribution in [1.82, 2.24) is 24.9 Å². The number of nitrogens with zero attached hydrogens (tertiary/aromatic N) is 3. The first-order valence-electron chi connectivity index (χ1n) is 8.40. The van der Waals surface area contributed by atoms with Crippen LogP contribution in [0.25, 0.3) is 0 Å². The summed E-state index contributed by atoms with van der Waals surface area (Å²) in [6.07, 6.45) is 7.40. The molecule has 28 heavy (non-hydrogen) atoms. The molecule has 0 spiro atoms. The van der Waals surface area contributed by atoms with Crippen molar-refractivity contribution < 1.29 is 18.0 Å². The number of amides is 3. The second-order valence-electron chi connectivity index (χ2n) is 6.54. The van der Waals surface area contributed by atoms with Crippen molar-refractivity contribution in [2.45, 2.75) is 24.0 Å². The summed E-state index contributed by atoms with van der Waals surface area (Å²) in [4.78, 5) is 31.5. The fourth-order valence-electron chi connectivity index (χ4n) is 2.79. The Balaban J connectivity index is 1.65. The highest BCUT2D eigenvalue weighted by atomic mass is 32.2. The Hall–Kier alpha value is -2.42. The molecule has 148 valence electrons. The smallest absolute Gasteiger partial charge is 0.322 e. The van der Waals surface area contributed by atoms with E-state index in [0.717, 1.165) is 5.57 Å². The highest BCUT2D eigenvalue weighted by Gasteiger charge is 2.46. The highest BCUT2D eigenvalue weighted by molar-refractivity contribution is 7.98. The van der Waals surface area contributed by atoms with E-state index in [4.69, 9.17) is 0 Å². The largest absolute Gasteiger partial charge is 0.322 e. The number of rotatable bonds is 4. The summed E-state index contributed by atoms with van der Waals surface area (Å²) < 4.78 is 26.6. The predicted octanol–water partition coefficient (Wildman–Crippen LogP) is 0.110. The molecule has 3 rings (SSSR count). The lowest BCUT2D eigenvalue weighted by Crippen LogP contribution is -2.52. The van der Waals surface area contributed by atoms with Gasteiger partial charge in [0.25, 0.3) is 5.91 Å². The summed E-state index contributed by atoms with van der Waals surface area (Å²) in [5, 5.41) is 5.11. The fraction of sp³-hybridized carbons (Fsp3) is 0.412. The van der Waals surface area contributed by atoms with Gasteiger partial charge in [0.2, 0.25) is 10.0 Å². The molecular weight excluding hydrogens is 402 g/mol. The third kappa shape index (κ3) is 4.52. The van der Waals surface area contributed by atoms with Crippen molar-refractivity contribution in [2.24, 2.45) is 0 Å². The summed E-state index contributed by atoms with van der Waals surface area (Å²) in [6.45, 7) is 1.82. The number of nitrogens with one attached hydrogen (secondary N) is 2. The van der Waals surface area contributed by atoms with E-state index in [1.54, 1.807) is 18.5 Å². The number of aromatic nitrogens is 2. The molecule has 1 saturated heterocycles. The normalized spacial score (nSPS) is 22.7. The molecule has 0 radical (unpaired) electrons. The number of hydrogen-bond donors (Lipinski definition) is 2. The first-order chi connectivity index (χ1) is 13.2. The van der Waals surface area contributed by atoms with Gasteiger partial charge < -0.3 is 5.32 Å². The molecule has 0 aromatic carbocycles. The number of carbonyl (C=O) groups excluding carboxylic acids is 2. The number of imide groups is 1. The molecular formula is C17H19N5O4S2. The molecule has 3 amide bonds. The van der Waals surface area contributed by atoms with Crippen LogP contribution in [0.1, 0.15) is 18.9 Å². The molecule has 1 aromatic rings. The van der Waals surface area contributed by atoms with Crippen LogP contribution in [0.2, 0.25) is 0 Å². The van der Waals surface area contributed by atoms with E-state index in [2.05, 4.69) is 32.4 Å². The molecule has 3 heterocycles. The minimum atomic E-state index is -3.74. The lowest BCUT2D eigenvalue weighted by atomic mass is 10.1. The van der Waals surface area contributed by atoms with Gasteiger partial charge in [-0.15, -0.1) is 0 Å². The Labute approximate surface area is 167 Å². The van der Waals surface area contributed by atoms with Gasteiger partial charge in [-0.1, -0.05) is 29.7 Å². The molecule has 9 nitrogen and oxygen atoms in total. The quantitative estimate of drug-likeness (QED) is 0.306. The maximum Gasteiger partial charge on any atom is 0.322 e. The molecule has 2 N–H and O–H groups in total. The average molecular weight is 422 g/mol. The zero-order valence-corrected chi connectivity index (χ0v) is 17.0. The van der Waals surface area contributed by atoms with E-state index in [1.807, 2.05) is 6.26 Å². The van der Waals surface area contributed by atoms with Crippen LogP contribution in [0, 0.1) is 11.8 Å². The number of thioether (sulfide) groups is 1. The lowest BCUT2D eigenvalue weighted by molar-refractivity contribution is -0.122. The van der Waals surface area contributed by atoms with Crippen molar-refractivity contribution in [3.8, 4) is 11.8 Å². The van der Waals surface area contributed by atoms with Gasteiger partial charge in [0, 0.05) is 31.1 Å². The number of hydrogen-bond acceptors (Lipinski definition) is 7. The lowest BCUT2D eigenvalue weighted by Gasteiger charge is -2.28. The maximum atomic E-state index is 12.7. The monoisotopic (exact) mass is 421 g/mol. The van der Waals surface area contributed by atoms with Crippen LogP contribution in [-0.2, 0) is 14.8 Å². The number of sulfonamides is 1. The van der Waals surface area contributed by atoms with E-state index in [-0.39, 0.29) is 13.1 Å². The van der Waals surface area contributed by atoms with Crippen LogP contribution >= 0.6 is 11.8 Å². The van der Waals surface area contributed by atoms with Gasteiger partial charge in [0.15, 0.2) is 5.16 Å². The summed E-state index contributed by atoms with van der Waals surface area (Å²) in [6, 6.07) is -0.687. The second-order valence-corrected chi connectivity index (χ2v) is 9.28. The molecule has 11 heteroatoms. The molecule has 1 fully saturated rings. The SMILES string of the molecule is CSc1ncc(C#CC2=CCN(S(=O)(=O)C[C@@]3(C)NC(=O)NC3=O)CC2)cn1. The zero-order valence-electron chi connectivity index (χ0n) is 15.4. The highest BCUT2D eigenvalue weighted by Crippen LogP contribution is 2.19. The van der Waals surface area contributed by atoms with Crippen LogP contribution in [0.3, 0.4) is 0 Å². The molecule has 2 aliphatic rings. The molecule has 0 aliphatic carbocycles. The number of carbonyl (C=O) groups is 2. The van der Waals surface area contributed by atoms with Gasteiger partial charge in [-0.2, -0.15) is 4.31 Å². The molecule has 2 aliphatic heterocycles. The van der Waals surface area contributed by atoms with Crippen molar-refractivity contribution >= 4 is 33.7 Å². The van der Waals surface area contributed by atoms with E-state index in [0.29, 0.717) is 17.1 Å². The van der Waals surface area contributed by atoms with Gasteiger partial charge in [0.05, 0.1) is 11.3 Å². The van der Waals surface area contributed by atoms with Gasteiger partial charge >= 0.3 is 6.03 Å². The summed E-state index contributed by atoms with van der Waals surface area (Å²) >= 11 is 1.44. The third-order valence-electron chi connectivity index (χ3n) is 4.33. The van der Waals surface area contributed by atoms with Crippen LogP contribution in [0.15, 0.2) is 29.2 Å². The Morgan fingerprint density at radius 3 is 2.54 bits per heavy atom. The fourth-order valence-corrected chi connectivity index (χ4v) is 4.90. The minimum Gasteiger partial charge on any atom is -0.322 e. The zero-order chi connectivity index (χ0) is 20.4. The average Bonchev–Trinajstić information content (AvgIpc) is 2.91. The maximum absolute atomic E-state index is 12.7. The first kappa shape index (κ1) is 20.3. The van der Waals surface area contributed by atoms with Gasteiger partial charge in [0.1, 0.15) is 5.54 Å².